The van der Waals surface area contributed by atoms with Crippen LogP contribution >= 0.6 is 0 Å². The minimum absolute atomic E-state index is 0.0925. The molecular formula is C24H32N2O4. The van der Waals surface area contributed by atoms with Crippen molar-refractivity contribution in [3.63, 3.8) is 0 Å². The highest BCUT2D eigenvalue weighted by molar-refractivity contribution is 5.78. The molecule has 30 heavy (non-hydrogen) atoms. The molecule has 1 fully saturated rings. The number of hydrogen-bond acceptors (Lipinski definition) is 5. The van der Waals surface area contributed by atoms with Crippen molar-refractivity contribution in [3.05, 3.63) is 53.6 Å². The van der Waals surface area contributed by atoms with E-state index >= 15 is 0 Å². The Morgan fingerprint density at radius 1 is 0.967 bits per heavy atom. The quantitative estimate of drug-likeness (QED) is 0.663. The molecule has 0 aliphatic carbocycles. The van der Waals surface area contributed by atoms with Gasteiger partial charge in [-0.3, -0.25) is 9.69 Å². The van der Waals surface area contributed by atoms with Gasteiger partial charge in [0.1, 0.15) is 0 Å². The Kier molecular flexibility index (Phi) is 7.57. The van der Waals surface area contributed by atoms with Gasteiger partial charge in [0.05, 0.1) is 21.3 Å². The van der Waals surface area contributed by atoms with Crippen molar-refractivity contribution in [2.24, 2.45) is 5.92 Å². The number of likely N-dealkylation sites (tertiary alicyclic amines) is 1. The standard InChI is InChI=1S/C24H32N2O4/c1-25(16-18-8-6-5-7-9-18)24(27)20-10-12-26(13-11-20)17-19-14-21(28-2)23(30-4)22(15-19)29-3/h5-9,14-15,20H,10-13,16-17H2,1-4H3. The molecule has 3 rings (SSSR count). The number of nitrogens with zero attached hydrogens (tertiary/aromatic N) is 2. The highest BCUT2D eigenvalue weighted by Crippen LogP contribution is 2.38. The van der Waals surface area contributed by atoms with Crippen molar-refractivity contribution in [1.82, 2.24) is 9.80 Å². The minimum Gasteiger partial charge on any atom is -0.493 e. The first-order chi connectivity index (χ1) is 14.5. The maximum atomic E-state index is 12.9. The summed E-state index contributed by atoms with van der Waals surface area (Å²) in [6.07, 6.45) is 1.75. The van der Waals surface area contributed by atoms with Gasteiger partial charge >= 0.3 is 0 Å². The molecule has 0 radical (unpaired) electrons. The van der Waals surface area contributed by atoms with E-state index in [0.29, 0.717) is 23.8 Å². The number of rotatable bonds is 8. The number of ether oxygens (including phenoxy) is 3. The van der Waals surface area contributed by atoms with Crippen LogP contribution in [0.3, 0.4) is 0 Å². The molecule has 0 bridgehead atoms. The van der Waals surface area contributed by atoms with Gasteiger partial charge in [-0.2, -0.15) is 0 Å². The fourth-order valence-corrected chi connectivity index (χ4v) is 4.07. The van der Waals surface area contributed by atoms with E-state index in [2.05, 4.69) is 17.0 Å². The first-order valence-electron chi connectivity index (χ1n) is 10.4. The summed E-state index contributed by atoms with van der Waals surface area (Å²) in [5, 5.41) is 0. The third-order valence-electron chi connectivity index (χ3n) is 5.71. The number of amides is 1. The van der Waals surface area contributed by atoms with Crippen LogP contribution in [0.2, 0.25) is 0 Å². The Labute approximate surface area is 179 Å². The summed E-state index contributed by atoms with van der Waals surface area (Å²) in [6.45, 7) is 3.24. The second-order valence-electron chi connectivity index (χ2n) is 7.76. The summed E-state index contributed by atoms with van der Waals surface area (Å²) in [5.74, 6) is 2.27. The molecule has 0 atom stereocenters. The lowest BCUT2D eigenvalue weighted by atomic mass is 9.95. The average Bonchev–Trinajstić information content (AvgIpc) is 2.79. The van der Waals surface area contributed by atoms with Gasteiger partial charge in [-0.1, -0.05) is 30.3 Å². The van der Waals surface area contributed by atoms with Crippen molar-refractivity contribution in [3.8, 4) is 17.2 Å². The van der Waals surface area contributed by atoms with E-state index < -0.39 is 0 Å². The molecule has 1 heterocycles. The molecule has 6 nitrogen and oxygen atoms in total. The van der Waals surface area contributed by atoms with Crippen LogP contribution < -0.4 is 14.2 Å². The van der Waals surface area contributed by atoms with Crippen LogP contribution in [0.15, 0.2) is 42.5 Å². The van der Waals surface area contributed by atoms with Crippen molar-refractivity contribution in [2.45, 2.75) is 25.9 Å². The number of methoxy groups -OCH3 is 3. The number of piperidine rings is 1. The largest absolute Gasteiger partial charge is 0.493 e. The summed E-state index contributed by atoms with van der Waals surface area (Å²) >= 11 is 0. The molecule has 0 unspecified atom stereocenters. The number of benzene rings is 2. The smallest absolute Gasteiger partial charge is 0.225 e. The maximum Gasteiger partial charge on any atom is 0.225 e. The molecule has 0 N–H and O–H groups in total. The molecule has 162 valence electrons. The highest BCUT2D eigenvalue weighted by Gasteiger charge is 2.27. The van der Waals surface area contributed by atoms with Crippen LogP contribution in [0.25, 0.3) is 0 Å². The number of carbonyl (C=O) groups is 1. The van der Waals surface area contributed by atoms with Gasteiger partial charge in [0.25, 0.3) is 0 Å². The molecule has 0 spiro atoms. The van der Waals surface area contributed by atoms with Gasteiger partial charge in [0.15, 0.2) is 11.5 Å². The van der Waals surface area contributed by atoms with Gasteiger partial charge in [0, 0.05) is 26.1 Å². The van der Waals surface area contributed by atoms with Crippen LogP contribution in [0.4, 0.5) is 0 Å². The molecule has 0 saturated carbocycles. The van der Waals surface area contributed by atoms with Gasteiger partial charge in [0.2, 0.25) is 11.7 Å². The molecule has 2 aromatic carbocycles. The normalized spacial score (nSPS) is 14.9. The third kappa shape index (κ3) is 5.25. The van der Waals surface area contributed by atoms with E-state index in [1.165, 1.54) is 0 Å². The zero-order chi connectivity index (χ0) is 21.5. The zero-order valence-corrected chi connectivity index (χ0v) is 18.4. The second-order valence-corrected chi connectivity index (χ2v) is 7.76. The van der Waals surface area contributed by atoms with Crippen LogP contribution in [-0.4, -0.2) is 57.2 Å². The van der Waals surface area contributed by atoms with Crippen molar-refractivity contribution < 1.29 is 19.0 Å². The van der Waals surface area contributed by atoms with E-state index in [1.54, 1.807) is 21.3 Å². The molecule has 1 amide bonds. The summed E-state index contributed by atoms with van der Waals surface area (Å²) in [4.78, 5) is 17.1. The fraction of sp³-hybridized carbons (Fsp3) is 0.458. The minimum atomic E-state index is 0.0925. The Morgan fingerprint density at radius 2 is 1.57 bits per heavy atom. The highest BCUT2D eigenvalue weighted by atomic mass is 16.5. The van der Waals surface area contributed by atoms with E-state index in [0.717, 1.165) is 43.6 Å². The van der Waals surface area contributed by atoms with Crippen molar-refractivity contribution >= 4 is 5.91 Å². The average molecular weight is 413 g/mol. The SMILES string of the molecule is COc1cc(CN2CCC(C(=O)N(C)Cc3ccccc3)CC2)cc(OC)c1OC. The molecule has 0 aromatic heterocycles. The molecular weight excluding hydrogens is 380 g/mol. The lowest BCUT2D eigenvalue weighted by Crippen LogP contribution is -2.40. The van der Waals surface area contributed by atoms with E-state index in [-0.39, 0.29) is 11.8 Å². The second kappa shape index (κ2) is 10.3. The van der Waals surface area contributed by atoms with Crippen LogP contribution in [0, 0.1) is 5.92 Å². The van der Waals surface area contributed by atoms with E-state index in [9.17, 15) is 4.79 Å². The predicted molar refractivity (Wildman–Crippen MR) is 117 cm³/mol. The van der Waals surface area contributed by atoms with Crippen molar-refractivity contribution in [1.29, 1.82) is 0 Å². The zero-order valence-electron chi connectivity index (χ0n) is 18.4. The number of carbonyl (C=O) groups excluding carboxylic acids is 1. The van der Waals surface area contributed by atoms with Crippen molar-refractivity contribution in [2.75, 3.05) is 41.5 Å². The van der Waals surface area contributed by atoms with Gasteiger partial charge < -0.3 is 19.1 Å². The molecule has 1 aliphatic rings. The van der Waals surface area contributed by atoms with Crippen LogP contribution in [0.1, 0.15) is 24.0 Å². The summed E-state index contributed by atoms with van der Waals surface area (Å²) < 4.78 is 16.3. The Hall–Kier alpha value is -2.73. The number of hydrogen-bond donors (Lipinski definition) is 0. The summed E-state index contributed by atoms with van der Waals surface area (Å²) in [5.41, 5.74) is 2.27. The topological polar surface area (TPSA) is 51.2 Å². The van der Waals surface area contributed by atoms with Crippen LogP contribution in [-0.2, 0) is 17.9 Å². The monoisotopic (exact) mass is 412 g/mol. The summed E-state index contributed by atoms with van der Waals surface area (Å²) in [6, 6.07) is 14.1. The first kappa shape index (κ1) is 22.0. The maximum absolute atomic E-state index is 12.9. The molecule has 6 heteroatoms. The third-order valence-corrected chi connectivity index (χ3v) is 5.71. The van der Waals surface area contributed by atoms with Gasteiger partial charge in [-0.25, -0.2) is 0 Å². The predicted octanol–water partition coefficient (Wildman–Crippen LogP) is 3.58. The molecule has 2 aromatic rings. The van der Waals surface area contributed by atoms with E-state index in [1.807, 2.05) is 42.3 Å². The van der Waals surface area contributed by atoms with E-state index in [4.69, 9.17) is 14.2 Å². The summed E-state index contributed by atoms with van der Waals surface area (Å²) in [7, 11) is 6.77. The molecule has 1 aliphatic heterocycles. The Balaban J connectivity index is 1.56. The Morgan fingerprint density at radius 3 is 2.10 bits per heavy atom. The fourth-order valence-electron chi connectivity index (χ4n) is 4.07. The molecule has 1 saturated heterocycles. The first-order valence-corrected chi connectivity index (χ1v) is 10.4. The van der Waals surface area contributed by atoms with Gasteiger partial charge in [-0.15, -0.1) is 0 Å². The lowest BCUT2D eigenvalue weighted by Gasteiger charge is -2.33. The Bertz CT molecular complexity index is 807. The lowest BCUT2D eigenvalue weighted by molar-refractivity contribution is -0.136. The van der Waals surface area contributed by atoms with Gasteiger partial charge in [-0.05, 0) is 49.2 Å². The van der Waals surface area contributed by atoms with Crippen LogP contribution in [0.5, 0.6) is 17.2 Å².